The number of hydrogen-bond acceptors (Lipinski definition) is 3. The van der Waals surface area contributed by atoms with Gasteiger partial charge >= 0.3 is 0 Å². The molecule has 1 amide bonds. The lowest BCUT2D eigenvalue weighted by Gasteiger charge is -2.15. The summed E-state index contributed by atoms with van der Waals surface area (Å²) in [6, 6.07) is 9.75. The zero-order valence-corrected chi connectivity index (χ0v) is 11.4. The van der Waals surface area contributed by atoms with Crippen molar-refractivity contribution in [3.63, 3.8) is 0 Å². The number of aryl methyl sites for hydroxylation is 1. The van der Waals surface area contributed by atoms with Gasteiger partial charge in [0.05, 0.1) is 5.69 Å². The molecule has 2 rings (SSSR count). The first-order valence-electron chi connectivity index (χ1n) is 6.01. The molecule has 0 spiro atoms. The van der Waals surface area contributed by atoms with E-state index < -0.39 is 0 Å². The zero-order valence-electron chi connectivity index (χ0n) is 10.6. The maximum absolute atomic E-state index is 12.0. The Kier molecular flexibility index (Phi) is 4.58. The first-order valence-corrected chi connectivity index (χ1v) is 6.55. The van der Waals surface area contributed by atoms with Crippen LogP contribution in [0.25, 0.3) is 0 Å². The second-order valence-electron chi connectivity index (χ2n) is 4.28. The predicted octanol–water partition coefficient (Wildman–Crippen LogP) is 2.56. The third-order valence-electron chi connectivity index (χ3n) is 2.80. The number of halogens is 1. The van der Waals surface area contributed by atoms with E-state index in [2.05, 4.69) is 10.3 Å². The molecular formula is C14H15ClN2O2. The molecule has 0 aliphatic rings. The number of amides is 1. The van der Waals surface area contributed by atoms with Gasteiger partial charge < -0.3 is 9.73 Å². The molecule has 1 N–H and O–H groups in total. The molecule has 1 unspecified atom stereocenters. The summed E-state index contributed by atoms with van der Waals surface area (Å²) in [5.41, 5.74) is 1.70. The van der Waals surface area contributed by atoms with Crippen molar-refractivity contribution in [2.24, 2.45) is 0 Å². The SMILES string of the molecule is Cc1ncoc1C(=O)NC(CCl)Cc1ccccc1. The van der Waals surface area contributed by atoms with Crippen LogP contribution in [0, 0.1) is 6.92 Å². The number of carbonyl (C=O) groups excluding carboxylic acids is 1. The summed E-state index contributed by atoms with van der Waals surface area (Å²) in [4.78, 5) is 15.9. The number of benzene rings is 1. The van der Waals surface area contributed by atoms with Crippen molar-refractivity contribution in [1.82, 2.24) is 10.3 Å². The van der Waals surface area contributed by atoms with Crippen LogP contribution in [-0.4, -0.2) is 22.8 Å². The van der Waals surface area contributed by atoms with Gasteiger partial charge in [-0.2, -0.15) is 0 Å². The summed E-state index contributed by atoms with van der Waals surface area (Å²) in [7, 11) is 0. The number of nitrogens with one attached hydrogen (secondary N) is 1. The van der Waals surface area contributed by atoms with Crippen LogP contribution in [0.1, 0.15) is 21.8 Å². The van der Waals surface area contributed by atoms with E-state index >= 15 is 0 Å². The highest BCUT2D eigenvalue weighted by Gasteiger charge is 2.18. The van der Waals surface area contributed by atoms with E-state index in [0.29, 0.717) is 18.0 Å². The van der Waals surface area contributed by atoms with Crippen LogP contribution in [0.3, 0.4) is 0 Å². The van der Waals surface area contributed by atoms with Gasteiger partial charge in [0.15, 0.2) is 6.39 Å². The first-order chi connectivity index (χ1) is 9.20. The molecule has 1 heterocycles. The summed E-state index contributed by atoms with van der Waals surface area (Å²) in [6.45, 7) is 1.73. The van der Waals surface area contributed by atoms with E-state index in [4.69, 9.17) is 16.0 Å². The van der Waals surface area contributed by atoms with Gasteiger partial charge in [-0.1, -0.05) is 30.3 Å². The Morgan fingerprint density at radius 1 is 1.42 bits per heavy atom. The van der Waals surface area contributed by atoms with E-state index in [1.165, 1.54) is 6.39 Å². The highest BCUT2D eigenvalue weighted by atomic mass is 35.5. The topological polar surface area (TPSA) is 55.1 Å². The van der Waals surface area contributed by atoms with E-state index in [1.807, 2.05) is 30.3 Å². The van der Waals surface area contributed by atoms with Gasteiger partial charge in [0.2, 0.25) is 5.76 Å². The molecule has 4 nitrogen and oxygen atoms in total. The summed E-state index contributed by atoms with van der Waals surface area (Å²) >= 11 is 5.90. The Hall–Kier alpha value is -1.81. The van der Waals surface area contributed by atoms with Crippen molar-refractivity contribution in [2.75, 3.05) is 5.88 Å². The maximum atomic E-state index is 12.0. The van der Waals surface area contributed by atoms with Crippen molar-refractivity contribution in [2.45, 2.75) is 19.4 Å². The van der Waals surface area contributed by atoms with Crippen molar-refractivity contribution < 1.29 is 9.21 Å². The Morgan fingerprint density at radius 2 is 2.16 bits per heavy atom. The smallest absolute Gasteiger partial charge is 0.289 e. The summed E-state index contributed by atoms with van der Waals surface area (Å²) in [5.74, 6) is 0.299. The lowest BCUT2D eigenvalue weighted by Crippen LogP contribution is -2.37. The number of hydrogen-bond donors (Lipinski definition) is 1. The van der Waals surface area contributed by atoms with Crippen LogP contribution in [0.15, 0.2) is 41.1 Å². The molecule has 0 aliphatic carbocycles. The Bertz CT molecular complexity index is 539. The lowest BCUT2D eigenvalue weighted by atomic mass is 10.1. The predicted molar refractivity (Wildman–Crippen MR) is 73.4 cm³/mol. The van der Waals surface area contributed by atoms with Crippen molar-refractivity contribution >= 4 is 17.5 Å². The standard InChI is InChI=1S/C14H15ClN2O2/c1-10-13(19-9-16-10)14(18)17-12(8-15)7-11-5-3-2-4-6-11/h2-6,9,12H,7-8H2,1H3,(H,17,18). The highest BCUT2D eigenvalue weighted by Crippen LogP contribution is 2.08. The summed E-state index contributed by atoms with van der Waals surface area (Å²) in [6.07, 6.45) is 1.94. The monoisotopic (exact) mass is 278 g/mol. The molecule has 2 aromatic rings. The molecule has 0 radical (unpaired) electrons. The van der Waals surface area contributed by atoms with Crippen LogP contribution >= 0.6 is 11.6 Å². The van der Waals surface area contributed by atoms with E-state index in [-0.39, 0.29) is 17.7 Å². The molecule has 5 heteroatoms. The molecule has 0 saturated heterocycles. The molecule has 1 atom stereocenters. The molecule has 0 aliphatic heterocycles. The summed E-state index contributed by atoms with van der Waals surface area (Å²) < 4.78 is 5.06. The third kappa shape index (κ3) is 3.58. The van der Waals surface area contributed by atoms with Crippen LogP contribution in [0.5, 0.6) is 0 Å². The van der Waals surface area contributed by atoms with Gasteiger partial charge in [-0.25, -0.2) is 4.98 Å². The van der Waals surface area contributed by atoms with Crippen molar-refractivity contribution in [3.8, 4) is 0 Å². The molecule has 100 valence electrons. The quantitative estimate of drug-likeness (QED) is 0.855. The zero-order chi connectivity index (χ0) is 13.7. The molecule has 0 bridgehead atoms. The van der Waals surface area contributed by atoms with E-state index in [1.54, 1.807) is 6.92 Å². The third-order valence-corrected chi connectivity index (χ3v) is 3.17. The van der Waals surface area contributed by atoms with E-state index in [9.17, 15) is 4.79 Å². The van der Waals surface area contributed by atoms with Crippen LogP contribution < -0.4 is 5.32 Å². The Balaban J connectivity index is 2.00. The van der Waals surface area contributed by atoms with Crippen LogP contribution in [-0.2, 0) is 6.42 Å². The number of nitrogens with zero attached hydrogens (tertiary/aromatic N) is 1. The van der Waals surface area contributed by atoms with Gasteiger partial charge in [0.1, 0.15) is 0 Å². The van der Waals surface area contributed by atoms with Crippen molar-refractivity contribution in [3.05, 3.63) is 53.7 Å². The van der Waals surface area contributed by atoms with E-state index in [0.717, 1.165) is 5.56 Å². The minimum absolute atomic E-state index is 0.138. The molecular weight excluding hydrogens is 264 g/mol. The number of oxazole rings is 1. The largest absolute Gasteiger partial charge is 0.438 e. The van der Waals surface area contributed by atoms with Gasteiger partial charge in [-0.3, -0.25) is 4.79 Å². The minimum Gasteiger partial charge on any atom is -0.438 e. The maximum Gasteiger partial charge on any atom is 0.289 e. The molecule has 19 heavy (non-hydrogen) atoms. The number of alkyl halides is 1. The molecule has 1 aromatic heterocycles. The minimum atomic E-state index is -0.281. The van der Waals surface area contributed by atoms with Crippen LogP contribution in [0.2, 0.25) is 0 Å². The fourth-order valence-corrected chi connectivity index (χ4v) is 2.00. The second kappa shape index (κ2) is 6.38. The average molecular weight is 279 g/mol. The number of rotatable bonds is 5. The average Bonchev–Trinajstić information content (AvgIpc) is 2.85. The molecule has 0 fully saturated rings. The van der Waals surface area contributed by atoms with Gasteiger partial charge in [0, 0.05) is 11.9 Å². The Morgan fingerprint density at radius 3 is 2.74 bits per heavy atom. The van der Waals surface area contributed by atoms with Gasteiger partial charge in [-0.15, -0.1) is 11.6 Å². The molecule has 0 saturated carbocycles. The normalized spacial score (nSPS) is 12.1. The van der Waals surface area contributed by atoms with Gasteiger partial charge in [0.25, 0.3) is 5.91 Å². The van der Waals surface area contributed by atoms with Crippen LogP contribution in [0.4, 0.5) is 0 Å². The Labute approximate surface area is 116 Å². The first kappa shape index (κ1) is 13.6. The fraction of sp³-hybridized carbons (Fsp3) is 0.286. The molecule has 1 aromatic carbocycles. The van der Waals surface area contributed by atoms with Crippen molar-refractivity contribution in [1.29, 1.82) is 0 Å². The lowest BCUT2D eigenvalue weighted by molar-refractivity contribution is 0.0911. The summed E-state index contributed by atoms with van der Waals surface area (Å²) in [5, 5.41) is 2.85. The number of aromatic nitrogens is 1. The number of carbonyl (C=O) groups is 1. The second-order valence-corrected chi connectivity index (χ2v) is 4.59. The van der Waals surface area contributed by atoms with Gasteiger partial charge in [-0.05, 0) is 18.9 Å². The highest BCUT2D eigenvalue weighted by molar-refractivity contribution is 6.18. The fourth-order valence-electron chi connectivity index (χ4n) is 1.81.